The summed E-state index contributed by atoms with van der Waals surface area (Å²) in [5.74, 6) is -0.466. The number of ketones is 1. The van der Waals surface area contributed by atoms with Crippen molar-refractivity contribution in [3.63, 3.8) is 0 Å². The van der Waals surface area contributed by atoms with E-state index in [1.807, 2.05) is 13.8 Å². The molecule has 12 nitrogen and oxygen atoms in total. The zero-order chi connectivity index (χ0) is 30.1. The smallest absolute Gasteiger partial charge is 0.274 e. The number of Topliss-reactive ketones (excluding diaryl/α,β-unsaturated/α-hetero) is 1. The Kier molecular flexibility index (Phi) is 8.80. The largest absolute Gasteiger partial charge is 0.480 e. The van der Waals surface area contributed by atoms with Crippen LogP contribution in [-0.2, 0) is 16.7 Å². The third kappa shape index (κ3) is 6.11. The van der Waals surface area contributed by atoms with Crippen molar-refractivity contribution >= 4 is 49.9 Å². The number of aryl methyl sites for hydroxylation is 1. The van der Waals surface area contributed by atoms with Gasteiger partial charge < -0.3 is 10.1 Å². The van der Waals surface area contributed by atoms with Gasteiger partial charge in [0.1, 0.15) is 12.4 Å². The Morgan fingerprint density at radius 1 is 1.24 bits per heavy atom. The summed E-state index contributed by atoms with van der Waals surface area (Å²) in [5.41, 5.74) is 1.66. The lowest BCUT2D eigenvalue weighted by Crippen LogP contribution is -2.31. The fourth-order valence-corrected chi connectivity index (χ4v) is 5.33. The quantitative estimate of drug-likeness (QED) is 0.251. The van der Waals surface area contributed by atoms with Crippen molar-refractivity contribution in [1.82, 2.24) is 28.9 Å². The summed E-state index contributed by atoms with van der Waals surface area (Å²) in [6.07, 6.45) is 3.30. The van der Waals surface area contributed by atoms with Gasteiger partial charge in [0, 0.05) is 31.1 Å². The van der Waals surface area contributed by atoms with E-state index in [4.69, 9.17) is 16.3 Å². The second kappa shape index (κ2) is 12.0. The highest BCUT2D eigenvalue weighted by Crippen LogP contribution is 2.33. The maximum Gasteiger partial charge on any atom is 0.274 e. The summed E-state index contributed by atoms with van der Waals surface area (Å²) in [6.45, 7) is 7.06. The summed E-state index contributed by atoms with van der Waals surface area (Å²) >= 11 is 6.35. The molecule has 0 atom stereocenters. The molecule has 14 heteroatoms. The number of benzene rings is 1. The Bertz CT molecular complexity index is 1730. The van der Waals surface area contributed by atoms with E-state index in [0.29, 0.717) is 16.5 Å². The van der Waals surface area contributed by atoms with Gasteiger partial charge in [0.05, 0.1) is 40.8 Å². The van der Waals surface area contributed by atoms with Crippen LogP contribution in [0.5, 0.6) is 5.88 Å². The third-order valence-corrected chi connectivity index (χ3v) is 8.56. The zero-order valence-electron chi connectivity index (χ0n) is 23.7. The highest BCUT2D eigenvalue weighted by atomic mass is 35.5. The number of pyridine rings is 1. The Labute approximate surface area is 243 Å². The van der Waals surface area contributed by atoms with Crippen molar-refractivity contribution in [2.45, 2.75) is 40.8 Å². The summed E-state index contributed by atoms with van der Waals surface area (Å²) in [5, 5.41) is 12.5. The minimum atomic E-state index is -3.52. The minimum Gasteiger partial charge on any atom is -0.480 e. The number of aromatic nitrogens is 5. The van der Waals surface area contributed by atoms with Gasteiger partial charge in [-0.2, -0.15) is 9.40 Å². The van der Waals surface area contributed by atoms with Crippen LogP contribution in [0.1, 0.15) is 53.6 Å². The Balaban J connectivity index is 1.87. The van der Waals surface area contributed by atoms with E-state index in [0.717, 1.165) is 0 Å². The van der Waals surface area contributed by atoms with Crippen LogP contribution in [0.4, 0.5) is 5.69 Å². The van der Waals surface area contributed by atoms with Crippen LogP contribution in [0.25, 0.3) is 16.7 Å². The summed E-state index contributed by atoms with van der Waals surface area (Å²) in [7, 11) is -0.647. The van der Waals surface area contributed by atoms with Crippen LogP contribution in [0, 0.1) is 12.8 Å². The third-order valence-electron chi connectivity index (χ3n) is 6.47. The van der Waals surface area contributed by atoms with Crippen molar-refractivity contribution in [3.05, 3.63) is 58.5 Å². The first kappa shape index (κ1) is 30.2. The zero-order valence-corrected chi connectivity index (χ0v) is 25.2. The number of rotatable bonds is 11. The van der Waals surface area contributed by atoms with Gasteiger partial charge in [0.2, 0.25) is 15.9 Å². The number of anilines is 1. The molecule has 0 bridgehead atoms. The van der Waals surface area contributed by atoms with Crippen LogP contribution in [-0.4, -0.2) is 68.9 Å². The van der Waals surface area contributed by atoms with E-state index in [9.17, 15) is 18.0 Å². The first-order chi connectivity index (χ1) is 19.4. The molecule has 1 aromatic carbocycles. The number of carbonyl (C=O) groups excluding carboxylic acids is 2. The second-order valence-corrected chi connectivity index (χ2v) is 12.7. The molecule has 1 amide bonds. The van der Waals surface area contributed by atoms with Gasteiger partial charge in [-0.1, -0.05) is 25.4 Å². The number of hydrogen-bond acceptors (Lipinski definition) is 8. The number of amides is 1. The monoisotopic (exact) mass is 601 g/mol. The second-order valence-electron chi connectivity index (χ2n) is 9.93. The molecule has 0 unspecified atom stereocenters. The van der Waals surface area contributed by atoms with E-state index < -0.39 is 15.9 Å². The van der Waals surface area contributed by atoms with Crippen molar-refractivity contribution in [2.24, 2.45) is 5.92 Å². The molecule has 218 valence electrons. The normalized spacial score (nSPS) is 11.9. The Morgan fingerprint density at radius 3 is 2.61 bits per heavy atom. The molecule has 41 heavy (non-hydrogen) atoms. The maximum atomic E-state index is 13.8. The van der Waals surface area contributed by atoms with Gasteiger partial charge in [-0.25, -0.2) is 22.8 Å². The molecule has 0 aliphatic rings. The SMILES string of the molecule is CCS(=O)(=O)N(C)Cn1ncc2cc(C)c(NC(=O)c3cc(OC)nn3-c3ncccc3Cl)c(C(=O)CC(C)C)c21. The number of nitrogens with zero attached hydrogens (tertiary/aromatic N) is 6. The topological polar surface area (TPSA) is 141 Å². The van der Waals surface area contributed by atoms with Gasteiger partial charge >= 0.3 is 0 Å². The predicted octanol–water partition coefficient (Wildman–Crippen LogP) is 4.31. The molecular weight excluding hydrogens is 570 g/mol. The minimum absolute atomic E-state index is 0.0260. The standard InChI is InChI=1S/C27H32ClN7O5S/c1-7-41(38,39)33(5)15-34-25-18(14-30-34)12-17(4)24(23(25)21(36)11-16(2)3)31-27(37)20-13-22(40-6)32-35(20)26-19(28)9-8-10-29-26/h8-10,12-14,16H,7,11,15H2,1-6H3,(H,31,37). The summed E-state index contributed by atoms with van der Waals surface area (Å²) in [4.78, 5) is 31.8. The average Bonchev–Trinajstić information content (AvgIpc) is 3.53. The van der Waals surface area contributed by atoms with Gasteiger partial charge in [-0.3, -0.25) is 9.59 Å². The van der Waals surface area contributed by atoms with E-state index >= 15 is 0 Å². The molecule has 0 aliphatic heterocycles. The van der Waals surface area contributed by atoms with Crippen molar-refractivity contribution in [1.29, 1.82) is 0 Å². The molecule has 3 heterocycles. The van der Waals surface area contributed by atoms with E-state index in [2.05, 4.69) is 20.5 Å². The predicted molar refractivity (Wildman–Crippen MR) is 156 cm³/mol. The number of methoxy groups -OCH3 is 1. The average molecular weight is 602 g/mol. The number of nitrogens with one attached hydrogen (secondary N) is 1. The van der Waals surface area contributed by atoms with Gasteiger partial charge in [-0.05, 0) is 43.5 Å². The fourth-order valence-electron chi connectivity index (χ4n) is 4.40. The molecule has 0 aliphatic carbocycles. The fraction of sp³-hybridized carbons (Fsp3) is 0.370. The first-order valence-corrected chi connectivity index (χ1v) is 14.9. The van der Waals surface area contributed by atoms with Crippen molar-refractivity contribution in [2.75, 3.05) is 25.2 Å². The number of carbonyl (C=O) groups is 2. The van der Waals surface area contributed by atoms with E-state index in [1.165, 1.54) is 40.1 Å². The van der Waals surface area contributed by atoms with Crippen molar-refractivity contribution < 1.29 is 22.7 Å². The number of fused-ring (bicyclic) bond motifs is 1. The number of sulfonamides is 1. The molecule has 4 aromatic rings. The molecule has 0 saturated heterocycles. The number of ether oxygens (including phenoxy) is 1. The maximum absolute atomic E-state index is 13.8. The lowest BCUT2D eigenvalue weighted by atomic mass is 9.95. The molecule has 4 rings (SSSR count). The van der Waals surface area contributed by atoms with Crippen LogP contribution < -0.4 is 10.1 Å². The molecular formula is C27H32ClN7O5S. The van der Waals surface area contributed by atoms with E-state index in [1.54, 1.807) is 38.2 Å². The highest BCUT2D eigenvalue weighted by Gasteiger charge is 2.27. The van der Waals surface area contributed by atoms with E-state index in [-0.39, 0.29) is 64.2 Å². The highest BCUT2D eigenvalue weighted by molar-refractivity contribution is 7.89. The van der Waals surface area contributed by atoms with Crippen LogP contribution in [0.15, 0.2) is 36.7 Å². The van der Waals surface area contributed by atoms with Gasteiger partial charge in [0.15, 0.2) is 11.6 Å². The summed E-state index contributed by atoms with van der Waals surface area (Å²) < 4.78 is 34.1. The lowest BCUT2D eigenvalue weighted by molar-refractivity contribution is 0.0969. The van der Waals surface area contributed by atoms with Crippen LogP contribution >= 0.6 is 11.6 Å². The molecule has 0 radical (unpaired) electrons. The lowest BCUT2D eigenvalue weighted by Gasteiger charge is -2.20. The van der Waals surface area contributed by atoms with Crippen LogP contribution in [0.2, 0.25) is 5.02 Å². The molecule has 3 aromatic heterocycles. The number of hydrogen-bond donors (Lipinski definition) is 1. The van der Waals surface area contributed by atoms with Gasteiger partial charge in [0.25, 0.3) is 5.91 Å². The molecule has 1 N–H and O–H groups in total. The summed E-state index contributed by atoms with van der Waals surface area (Å²) in [6, 6.07) is 6.52. The Hall–Kier alpha value is -3.81. The Morgan fingerprint density at radius 2 is 1.98 bits per heavy atom. The first-order valence-electron chi connectivity index (χ1n) is 12.9. The molecule has 0 fully saturated rings. The van der Waals surface area contributed by atoms with Crippen molar-refractivity contribution in [3.8, 4) is 11.7 Å². The van der Waals surface area contributed by atoms with Crippen LogP contribution in [0.3, 0.4) is 0 Å². The molecule has 0 saturated carbocycles. The molecule has 0 spiro atoms. The van der Waals surface area contributed by atoms with Gasteiger partial charge in [-0.15, -0.1) is 5.10 Å². The number of halogens is 1.